The first-order chi connectivity index (χ1) is 42.4. The highest BCUT2D eigenvalue weighted by Crippen LogP contribution is 2.53. The number of nitrogens with zero attached hydrogens (tertiary/aromatic N) is 3. The lowest BCUT2D eigenvalue weighted by Crippen LogP contribution is -2.15. The fourth-order valence-corrected chi connectivity index (χ4v) is 15.6. The largest absolute Gasteiger partial charge is 0.311 e. The molecule has 16 aromatic rings. The maximum absolute atomic E-state index is 2.45. The summed E-state index contributed by atoms with van der Waals surface area (Å²) in [6, 6.07) is 112. The molecule has 0 aliphatic heterocycles. The molecule has 3 aromatic heterocycles. The summed E-state index contributed by atoms with van der Waals surface area (Å²) in [6.07, 6.45) is 0. The van der Waals surface area contributed by atoms with E-state index in [0.717, 1.165) is 28.4 Å². The van der Waals surface area contributed by atoms with Crippen molar-refractivity contribution in [3.05, 3.63) is 321 Å². The van der Waals surface area contributed by atoms with Gasteiger partial charge in [0.2, 0.25) is 0 Å². The van der Waals surface area contributed by atoms with Crippen molar-refractivity contribution in [3.8, 4) is 39.1 Å². The molecule has 408 valence electrons. The fraction of sp³-hybridized carbons (Fsp3) is 0.0370. The fourth-order valence-electron chi connectivity index (χ4n) is 13.2. The molecule has 3 heterocycles. The SMILES string of the molecule is CC1(C)c2ccc(-c3ccc(N(c4ccccc4)c4ccccc4)cc3)cc2-c2cc3c4ccccc4n(-c4ccccc4)c3cc21.c1ccc(-c2ccc(N(c3ccccc3)c3ccc4c(c3)sc3cc5sc6ccccc6c5cc34)cc2)cc1. The Labute approximate surface area is 508 Å². The summed E-state index contributed by atoms with van der Waals surface area (Å²) in [5, 5.41) is 7.96. The minimum absolute atomic E-state index is 0.106. The van der Waals surface area contributed by atoms with Crippen LogP contribution in [0.1, 0.15) is 25.0 Å². The van der Waals surface area contributed by atoms with E-state index in [1.807, 2.05) is 22.7 Å². The molecule has 0 unspecified atom stereocenters. The third kappa shape index (κ3) is 8.86. The van der Waals surface area contributed by atoms with Crippen molar-refractivity contribution < 1.29 is 0 Å². The molecule has 0 saturated heterocycles. The van der Waals surface area contributed by atoms with Crippen LogP contribution in [-0.2, 0) is 5.41 Å². The Morgan fingerprint density at radius 3 is 1.34 bits per heavy atom. The smallest absolute Gasteiger partial charge is 0.0544 e. The highest BCUT2D eigenvalue weighted by molar-refractivity contribution is 7.28. The number of para-hydroxylation sites is 5. The summed E-state index contributed by atoms with van der Waals surface area (Å²) in [7, 11) is 0. The summed E-state index contributed by atoms with van der Waals surface area (Å²) in [5.74, 6) is 0. The molecule has 3 nitrogen and oxygen atoms in total. The van der Waals surface area contributed by atoms with Gasteiger partial charge in [-0.3, -0.25) is 0 Å². The van der Waals surface area contributed by atoms with Crippen molar-refractivity contribution in [3.63, 3.8) is 0 Å². The van der Waals surface area contributed by atoms with Gasteiger partial charge >= 0.3 is 0 Å². The highest BCUT2D eigenvalue weighted by atomic mass is 32.1. The van der Waals surface area contributed by atoms with E-state index < -0.39 is 0 Å². The van der Waals surface area contributed by atoms with Crippen LogP contribution in [0.2, 0.25) is 0 Å². The van der Waals surface area contributed by atoms with E-state index in [1.54, 1.807) is 0 Å². The van der Waals surface area contributed by atoms with Gasteiger partial charge in [0.05, 0.1) is 11.0 Å². The van der Waals surface area contributed by atoms with Gasteiger partial charge in [-0.25, -0.2) is 0 Å². The number of hydrogen-bond donors (Lipinski definition) is 0. The van der Waals surface area contributed by atoms with E-state index >= 15 is 0 Å². The number of thiophene rings is 2. The molecule has 5 heteroatoms. The highest BCUT2D eigenvalue weighted by Gasteiger charge is 2.37. The van der Waals surface area contributed by atoms with Crippen LogP contribution in [0.4, 0.5) is 34.1 Å². The molecule has 0 saturated carbocycles. The van der Waals surface area contributed by atoms with Gasteiger partial charge in [0.15, 0.2) is 0 Å². The van der Waals surface area contributed by atoms with Crippen molar-refractivity contribution in [2.24, 2.45) is 0 Å². The van der Waals surface area contributed by atoms with Crippen molar-refractivity contribution in [2.75, 3.05) is 9.80 Å². The second-order valence-corrected chi connectivity index (χ2v) is 25.0. The van der Waals surface area contributed by atoms with E-state index in [4.69, 9.17) is 0 Å². The Bertz CT molecular complexity index is 5120. The average Bonchev–Trinajstić information content (AvgIpc) is 2.43. The molecular formula is C81H57N3S2. The van der Waals surface area contributed by atoms with Crippen LogP contribution < -0.4 is 9.80 Å². The predicted molar refractivity (Wildman–Crippen MR) is 371 cm³/mol. The number of fused-ring (bicyclic) bond motifs is 12. The van der Waals surface area contributed by atoms with Gasteiger partial charge in [-0.15, -0.1) is 22.7 Å². The molecule has 0 fully saturated rings. The molecule has 1 aliphatic rings. The van der Waals surface area contributed by atoms with Gasteiger partial charge in [0.1, 0.15) is 0 Å². The number of rotatable bonds is 9. The monoisotopic (exact) mass is 1140 g/mol. The first kappa shape index (κ1) is 51.3. The van der Waals surface area contributed by atoms with Gasteiger partial charge in [-0.05, 0) is 172 Å². The Balaban J connectivity index is 0.000000142. The zero-order chi connectivity index (χ0) is 57.3. The Morgan fingerprint density at radius 1 is 0.267 bits per heavy atom. The standard InChI is InChI=1S/C45H34N2.C36H23NS2/c1-45(2)41-27-24-32(31-22-25-36(26-23-31)46(33-14-6-3-7-15-33)34-16-8-4-9-17-34)28-38(41)39-29-40-37-20-12-13-21-43(37)47(44(40)30-42(39)45)35-18-10-5-11-19-35;1-3-9-24(10-4-1)25-15-17-27(18-16-25)37(26-11-5-2-6-12-26)28-19-20-30-32-22-31-29-13-7-8-14-33(29)38-35(31)23-36(32)39-34(30)21-28/h3-30H,1-2H3;1-23H. The molecule has 0 bridgehead atoms. The third-order valence-electron chi connectivity index (χ3n) is 17.4. The Hall–Kier alpha value is -10.3. The minimum atomic E-state index is -0.106. The van der Waals surface area contributed by atoms with Crippen LogP contribution in [0.5, 0.6) is 0 Å². The second-order valence-electron chi connectivity index (χ2n) is 22.9. The number of anilines is 6. The number of benzene rings is 13. The Kier molecular flexibility index (Phi) is 12.6. The normalized spacial score (nSPS) is 12.4. The molecular weight excluding hydrogens is 1080 g/mol. The molecule has 0 spiro atoms. The topological polar surface area (TPSA) is 11.4 Å². The third-order valence-corrected chi connectivity index (χ3v) is 19.7. The first-order valence-corrected chi connectivity index (χ1v) is 31.1. The van der Waals surface area contributed by atoms with Crippen LogP contribution in [0.3, 0.4) is 0 Å². The van der Waals surface area contributed by atoms with Crippen molar-refractivity contribution in [2.45, 2.75) is 19.3 Å². The van der Waals surface area contributed by atoms with Gasteiger partial charge in [-0.1, -0.05) is 196 Å². The summed E-state index contributed by atoms with van der Waals surface area (Å²) < 4.78 is 7.80. The van der Waals surface area contributed by atoms with Crippen molar-refractivity contribution >= 4 is 119 Å². The van der Waals surface area contributed by atoms with Gasteiger partial charge < -0.3 is 14.4 Å². The Morgan fingerprint density at radius 2 is 0.709 bits per heavy atom. The van der Waals surface area contributed by atoms with E-state index in [1.165, 1.54) is 118 Å². The van der Waals surface area contributed by atoms with Gasteiger partial charge in [-0.2, -0.15) is 0 Å². The van der Waals surface area contributed by atoms with Crippen LogP contribution >= 0.6 is 22.7 Å². The molecule has 1 aliphatic carbocycles. The maximum Gasteiger partial charge on any atom is 0.0544 e. The molecule has 17 rings (SSSR count). The van der Waals surface area contributed by atoms with E-state index in [0.29, 0.717) is 0 Å². The zero-order valence-electron chi connectivity index (χ0n) is 47.6. The first-order valence-electron chi connectivity index (χ1n) is 29.5. The summed E-state index contributed by atoms with van der Waals surface area (Å²) in [6.45, 7) is 4.74. The zero-order valence-corrected chi connectivity index (χ0v) is 49.2. The number of aromatic nitrogens is 1. The average molecular weight is 1140 g/mol. The molecule has 0 N–H and O–H groups in total. The van der Waals surface area contributed by atoms with Crippen LogP contribution in [0.15, 0.2) is 309 Å². The van der Waals surface area contributed by atoms with Gasteiger partial charge in [0, 0.05) is 96.3 Å². The predicted octanol–water partition coefficient (Wildman–Crippen LogP) is 23.8. The van der Waals surface area contributed by atoms with Crippen molar-refractivity contribution in [1.29, 1.82) is 0 Å². The summed E-state index contributed by atoms with van der Waals surface area (Å²) in [5.41, 5.74) is 20.8. The lowest BCUT2D eigenvalue weighted by molar-refractivity contribution is 0.661. The van der Waals surface area contributed by atoms with Crippen LogP contribution in [0.25, 0.3) is 101 Å². The number of hydrogen-bond acceptors (Lipinski definition) is 4. The lowest BCUT2D eigenvalue weighted by atomic mass is 9.82. The summed E-state index contributed by atoms with van der Waals surface area (Å²) in [4.78, 5) is 4.66. The van der Waals surface area contributed by atoms with Crippen molar-refractivity contribution in [1.82, 2.24) is 4.57 Å². The summed E-state index contributed by atoms with van der Waals surface area (Å²) >= 11 is 3.78. The maximum atomic E-state index is 2.45. The molecule has 13 aromatic carbocycles. The second kappa shape index (κ2) is 21.1. The van der Waals surface area contributed by atoms with Crippen LogP contribution in [0, 0.1) is 0 Å². The van der Waals surface area contributed by atoms with Gasteiger partial charge in [0.25, 0.3) is 0 Å². The molecule has 0 atom stereocenters. The van der Waals surface area contributed by atoms with E-state index in [9.17, 15) is 0 Å². The van der Waals surface area contributed by atoms with E-state index in [-0.39, 0.29) is 5.41 Å². The molecule has 86 heavy (non-hydrogen) atoms. The molecule has 0 radical (unpaired) electrons. The van der Waals surface area contributed by atoms with E-state index in [2.05, 4.69) is 338 Å². The lowest BCUT2D eigenvalue weighted by Gasteiger charge is -2.25. The molecule has 0 amide bonds. The minimum Gasteiger partial charge on any atom is -0.311 e. The quantitative estimate of drug-likeness (QED) is 0.143. The van der Waals surface area contributed by atoms with Crippen LogP contribution in [-0.4, -0.2) is 4.57 Å².